The van der Waals surface area contributed by atoms with Crippen molar-refractivity contribution in [2.45, 2.75) is 54.8 Å². The molecule has 2 aliphatic heterocycles. The van der Waals surface area contributed by atoms with E-state index >= 15 is 0 Å². The van der Waals surface area contributed by atoms with E-state index in [2.05, 4.69) is 15.6 Å². The number of urea groups is 1. The second-order valence-corrected chi connectivity index (χ2v) is 8.50. The van der Waals surface area contributed by atoms with E-state index in [1.807, 2.05) is 11.8 Å². The van der Waals surface area contributed by atoms with Gasteiger partial charge in [-0.05, 0) is 0 Å². The van der Waals surface area contributed by atoms with Gasteiger partial charge in [0.2, 0.25) is 0 Å². The van der Waals surface area contributed by atoms with Crippen LogP contribution >= 0.6 is 11.8 Å². The first-order chi connectivity index (χ1) is 10.7. The van der Waals surface area contributed by atoms with Crippen molar-refractivity contribution in [1.82, 2.24) is 10.6 Å². The van der Waals surface area contributed by atoms with Crippen LogP contribution in [0.2, 0.25) is 5.32 Å². The van der Waals surface area contributed by atoms with E-state index in [1.165, 1.54) is 0 Å². The molecule has 8 heteroatoms. The van der Waals surface area contributed by atoms with Gasteiger partial charge in [0.15, 0.2) is 0 Å². The number of nitrogens with zero attached hydrogens (tertiary/aromatic N) is 1. The fourth-order valence-corrected chi connectivity index (χ4v) is 4.98. The number of ether oxygens (including phenoxy) is 1. The summed E-state index contributed by atoms with van der Waals surface area (Å²) >= 11 is 1.92. The number of thioether (sulfide) groups is 1. The van der Waals surface area contributed by atoms with Gasteiger partial charge in [-0.2, -0.15) is 0 Å². The van der Waals surface area contributed by atoms with Crippen LogP contribution in [0.3, 0.4) is 0 Å². The summed E-state index contributed by atoms with van der Waals surface area (Å²) in [5.74, 6) is 0.831. The van der Waals surface area contributed by atoms with Gasteiger partial charge in [0, 0.05) is 0 Å². The van der Waals surface area contributed by atoms with Crippen molar-refractivity contribution in [2.75, 3.05) is 12.4 Å². The van der Waals surface area contributed by atoms with E-state index in [0.717, 1.165) is 36.8 Å². The van der Waals surface area contributed by atoms with Gasteiger partial charge < -0.3 is 5.32 Å². The zero-order valence-corrected chi connectivity index (χ0v) is 14.9. The molecule has 3 atom stereocenters. The molecule has 22 heavy (non-hydrogen) atoms. The van der Waals surface area contributed by atoms with Crippen molar-refractivity contribution in [1.29, 1.82) is 5.26 Å². The molecule has 0 spiro atoms. The minimum absolute atomic E-state index is 0.0216. The molecule has 2 aliphatic rings. The van der Waals surface area contributed by atoms with Crippen LogP contribution in [0.4, 0.5) is 4.79 Å². The van der Waals surface area contributed by atoms with Crippen LogP contribution in [0, 0.1) is 10.2 Å². The molecule has 2 fully saturated rings. The fraction of sp³-hybridized carbons (Fsp3) is 0.786. The molecule has 122 valence electrons. The normalized spacial score (nSPS) is 26.0. The zero-order valence-electron chi connectivity index (χ0n) is 12.4. The number of fused-ring (bicyclic) bond motifs is 1. The van der Waals surface area contributed by atoms with E-state index in [-0.39, 0.29) is 39.0 Å². The summed E-state index contributed by atoms with van der Waals surface area (Å²) in [6.45, 7) is 0.433. The molecule has 0 saturated carbocycles. The average molecular weight is 390 g/mol. The van der Waals surface area contributed by atoms with Gasteiger partial charge in [0.05, 0.1) is 0 Å². The van der Waals surface area contributed by atoms with E-state index < -0.39 is 0 Å². The van der Waals surface area contributed by atoms with Crippen LogP contribution in [0.1, 0.15) is 32.1 Å². The summed E-state index contributed by atoms with van der Waals surface area (Å²) in [7, 11) is 0. The van der Waals surface area contributed by atoms with Gasteiger partial charge in [-0.3, -0.25) is 0 Å². The predicted octanol–water partition coefficient (Wildman–Crippen LogP) is 1.25. The molecule has 2 rings (SSSR count). The molecule has 0 aromatic rings. The number of hydrogen-bond donors (Lipinski definition) is 2. The molecular formula is C14H21N3O3SSe. The fourth-order valence-electron chi connectivity index (χ4n) is 2.69. The summed E-state index contributed by atoms with van der Waals surface area (Å²) in [5, 5.41) is 15.6. The molecule has 2 saturated heterocycles. The van der Waals surface area contributed by atoms with Crippen LogP contribution in [0.5, 0.6) is 0 Å². The van der Waals surface area contributed by atoms with Gasteiger partial charge >= 0.3 is 131 Å². The molecule has 0 aromatic carbocycles. The van der Waals surface area contributed by atoms with Crippen molar-refractivity contribution in [3.8, 4) is 4.97 Å². The molecular weight excluding hydrogens is 369 g/mol. The number of carbonyl (C=O) groups excluding carboxylic acids is 2. The summed E-state index contributed by atoms with van der Waals surface area (Å²) in [5.41, 5.74) is 0. The van der Waals surface area contributed by atoms with E-state index in [9.17, 15) is 9.59 Å². The third kappa shape index (κ3) is 5.38. The molecule has 2 heterocycles. The summed E-state index contributed by atoms with van der Waals surface area (Å²) in [6.07, 6.45) is 4.07. The third-order valence-corrected chi connectivity index (χ3v) is 6.59. The molecule has 0 aliphatic carbocycles. The number of rotatable bonds is 9. The number of unbranched alkanes of at least 4 members (excludes halogenated alkanes) is 1. The first-order valence-electron chi connectivity index (χ1n) is 7.56. The molecule has 6 nitrogen and oxygen atoms in total. The van der Waals surface area contributed by atoms with Crippen LogP contribution in [-0.2, 0) is 9.53 Å². The molecule has 0 radical (unpaired) electrons. The van der Waals surface area contributed by atoms with Crippen LogP contribution in [0.25, 0.3) is 0 Å². The standard InChI is InChI=1S/C14H21N3O3SSe/c15-9-22-7-3-6-20-12(18)5-2-1-4-11-13-10(8-21-11)16-14(19)17-13/h10-11,13H,1-8H2,(H2,16,17,19)/t10-,11-,13-/m0/s1. The van der Waals surface area contributed by atoms with Crippen molar-refractivity contribution in [2.24, 2.45) is 0 Å². The Morgan fingerprint density at radius 2 is 2.27 bits per heavy atom. The second-order valence-electron chi connectivity index (χ2n) is 5.38. The van der Waals surface area contributed by atoms with Crippen molar-refractivity contribution >= 4 is 38.7 Å². The van der Waals surface area contributed by atoms with E-state index in [0.29, 0.717) is 18.3 Å². The Balaban J connectivity index is 1.50. The Labute approximate surface area is 141 Å². The number of amides is 2. The Morgan fingerprint density at radius 3 is 3.09 bits per heavy atom. The molecule has 0 bridgehead atoms. The van der Waals surface area contributed by atoms with E-state index in [4.69, 9.17) is 10.00 Å². The first-order valence-corrected chi connectivity index (χ1v) is 10.7. The molecule has 2 N–H and O–H groups in total. The maximum atomic E-state index is 11.5. The predicted molar refractivity (Wildman–Crippen MR) is 85.7 cm³/mol. The van der Waals surface area contributed by atoms with E-state index in [1.54, 1.807) is 0 Å². The van der Waals surface area contributed by atoms with Gasteiger partial charge in [-0.25, -0.2) is 4.79 Å². The first kappa shape index (κ1) is 17.5. The SMILES string of the molecule is N#C[Se]CCCOC(=O)CCCC[C@@H]1SC[C@@H]2NC(=O)N[C@@H]21. The number of hydrogen-bond acceptors (Lipinski definition) is 5. The monoisotopic (exact) mass is 391 g/mol. The maximum absolute atomic E-state index is 11.5. The molecule has 0 unspecified atom stereocenters. The van der Waals surface area contributed by atoms with Crippen molar-refractivity contribution < 1.29 is 14.3 Å². The summed E-state index contributed by atoms with van der Waals surface area (Å²) in [4.78, 5) is 25.0. The Bertz CT molecular complexity index is 444. The van der Waals surface area contributed by atoms with Crippen molar-refractivity contribution in [3.05, 3.63) is 0 Å². The topological polar surface area (TPSA) is 91.2 Å². The number of nitrogens with one attached hydrogen (secondary N) is 2. The van der Waals surface area contributed by atoms with Crippen molar-refractivity contribution in [3.63, 3.8) is 0 Å². The Hall–Kier alpha value is -0.901. The molecule has 0 aromatic heterocycles. The Kier molecular flexibility index (Phi) is 7.37. The quantitative estimate of drug-likeness (QED) is 0.268. The van der Waals surface area contributed by atoms with Crippen LogP contribution < -0.4 is 10.6 Å². The number of carbonyl (C=O) groups is 2. The van der Waals surface area contributed by atoms with Crippen LogP contribution in [0.15, 0.2) is 0 Å². The van der Waals surface area contributed by atoms with Gasteiger partial charge in [-0.15, -0.1) is 0 Å². The summed E-state index contributed by atoms with van der Waals surface area (Å²) in [6, 6.07) is 0.454. The Morgan fingerprint density at radius 1 is 1.41 bits per heavy atom. The van der Waals surface area contributed by atoms with Gasteiger partial charge in [0.1, 0.15) is 0 Å². The number of esters is 1. The average Bonchev–Trinajstić information content (AvgIpc) is 3.03. The second kappa shape index (κ2) is 9.29. The van der Waals surface area contributed by atoms with Crippen LogP contribution in [-0.4, -0.2) is 56.7 Å². The summed E-state index contributed by atoms with van der Waals surface area (Å²) < 4.78 is 5.13. The number of nitriles is 1. The third-order valence-electron chi connectivity index (χ3n) is 3.78. The molecule has 2 amide bonds. The minimum atomic E-state index is -0.141. The van der Waals surface area contributed by atoms with Gasteiger partial charge in [0.25, 0.3) is 0 Å². The zero-order chi connectivity index (χ0) is 15.8. The van der Waals surface area contributed by atoms with Gasteiger partial charge in [-0.1, -0.05) is 0 Å².